The lowest BCUT2D eigenvalue weighted by atomic mass is 10.1. The van der Waals surface area contributed by atoms with Crippen LogP contribution in [0.5, 0.6) is 5.75 Å². The van der Waals surface area contributed by atoms with Crippen LogP contribution in [0.15, 0.2) is 53.3 Å². The number of nitrogens with zero attached hydrogens (tertiary/aromatic N) is 2. The predicted molar refractivity (Wildman–Crippen MR) is 78.7 cm³/mol. The Morgan fingerprint density at radius 1 is 1.16 bits per heavy atom. The van der Waals surface area contributed by atoms with E-state index in [1.54, 1.807) is 7.11 Å². The SMILES string of the molecule is COc1ccc(Cc2ncc3cccc(Br)n23)cc1. The van der Waals surface area contributed by atoms with E-state index in [9.17, 15) is 0 Å². The van der Waals surface area contributed by atoms with Crippen LogP contribution in [0.25, 0.3) is 5.52 Å². The molecule has 3 nitrogen and oxygen atoms in total. The van der Waals surface area contributed by atoms with E-state index in [0.29, 0.717) is 0 Å². The first-order valence-electron chi connectivity index (χ1n) is 6.02. The van der Waals surface area contributed by atoms with E-state index in [4.69, 9.17) is 4.74 Å². The fraction of sp³-hybridized carbons (Fsp3) is 0.133. The number of pyridine rings is 1. The summed E-state index contributed by atoms with van der Waals surface area (Å²) < 4.78 is 8.30. The Kier molecular flexibility index (Phi) is 3.25. The summed E-state index contributed by atoms with van der Waals surface area (Å²) in [4.78, 5) is 4.50. The van der Waals surface area contributed by atoms with Crippen LogP contribution in [-0.4, -0.2) is 16.5 Å². The molecule has 0 radical (unpaired) electrons. The molecule has 0 aliphatic rings. The summed E-state index contributed by atoms with van der Waals surface area (Å²) in [6.07, 6.45) is 2.68. The van der Waals surface area contributed by atoms with E-state index >= 15 is 0 Å². The number of halogens is 1. The van der Waals surface area contributed by atoms with Gasteiger partial charge in [-0.2, -0.15) is 0 Å². The molecule has 0 saturated carbocycles. The van der Waals surface area contributed by atoms with Crippen LogP contribution in [0.3, 0.4) is 0 Å². The maximum Gasteiger partial charge on any atom is 0.118 e. The third-order valence-corrected chi connectivity index (χ3v) is 3.72. The maximum atomic E-state index is 5.17. The third-order valence-electron chi connectivity index (χ3n) is 3.10. The van der Waals surface area contributed by atoms with Crippen molar-refractivity contribution >= 4 is 21.4 Å². The Hall–Kier alpha value is -1.81. The van der Waals surface area contributed by atoms with Gasteiger partial charge in [-0.3, -0.25) is 4.40 Å². The molecule has 0 amide bonds. The molecule has 0 aliphatic heterocycles. The van der Waals surface area contributed by atoms with Crippen LogP contribution in [0, 0.1) is 0 Å². The first kappa shape index (κ1) is 12.2. The smallest absolute Gasteiger partial charge is 0.118 e. The third kappa shape index (κ3) is 2.36. The molecule has 2 aromatic heterocycles. The van der Waals surface area contributed by atoms with Crippen LogP contribution < -0.4 is 4.74 Å². The molecule has 19 heavy (non-hydrogen) atoms. The molecule has 0 N–H and O–H groups in total. The molecule has 0 bridgehead atoms. The molecule has 0 atom stereocenters. The number of methoxy groups -OCH3 is 1. The van der Waals surface area contributed by atoms with Crippen molar-refractivity contribution in [3.63, 3.8) is 0 Å². The highest BCUT2D eigenvalue weighted by atomic mass is 79.9. The first-order chi connectivity index (χ1) is 9.28. The highest BCUT2D eigenvalue weighted by molar-refractivity contribution is 9.10. The molecule has 2 heterocycles. The summed E-state index contributed by atoms with van der Waals surface area (Å²) in [7, 11) is 1.67. The van der Waals surface area contributed by atoms with Gasteiger partial charge >= 0.3 is 0 Å². The Morgan fingerprint density at radius 2 is 1.95 bits per heavy atom. The Bertz CT molecular complexity index is 704. The van der Waals surface area contributed by atoms with Crippen molar-refractivity contribution in [3.8, 4) is 5.75 Å². The summed E-state index contributed by atoms with van der Waals surface area (Å²) >= 11 is 3.57. The summed E-state index contributed by atoms with van der Waals surface area (Å²) in [6, 6.07) is 14.2. The highest BCUT2D eigenvalue weighted by Crippen LogP contribution is 2.19. The number of fused-ring (bicyclic) bond motifs is 1. The van der Waals surface area contributed by atoms with E-state index in [2.05, 4.69) is 43.5 Å². The fourth-order valence-electron chi connectivity index (χ4n) is 2.12. The van der Waals surface area contributed by atoms with Crippen LogP contribution in [0.2, 0.25) is 0 Å². The standard InChI is InChI=1S/C15H13BrN2O/c1-19-13-7-5-11(6-8-13)9-15-17-10-12-3-2-4-14(16)18(12)15/h2-8,10H,9H2,1H3. The minimum absolute atomic E-state index is 0.792. The number of ether oxygens (including phenoxy) is 1. The van der Waals surface area contributed by atoms with Gasteiger partial charge in [0.15, 0.2) is 0 Å². The van der Waals surface area contributed by atoms with Crippen LogP contribution >= 0.6 is 15.9 Å². The van der Waals surface area contributed by atoms with Crippen molar-refractivity contribution in [2.45, 2.75) is 6.42 Å². The molecule has 0 saturated heterocycles. The number of imidazole rings is 1. The van der Waals surface area contributed by atoms with Crippen molar-refractivity contribution < 1.29 is 4.74 Å². The van der Waals surface area contributed by atoms with E-state index in [-0.39, 0.29) is 0 Å². The van der Waals surface area contributed by atoms with Crippen molar-refractivity contribution in [2.24, 2.45) is 0 Å². The Balaban J connectivity index is 1.96. The van der Waals surface area contributed by atoms with Crippen LogP contribution in [-0.2, 0) is 6.42 Å². The molecule has 1 aromatic carbocycles. The highest BCUT2D eigenvalue weighted by Gasteiger charge is 2.07. The second-order valence-corrected chi connectivity index (χ2v) is 5.12. The zero-order valence-corrected chi connectivity index (χ0v) is 12.1. The molecule has 0 unspecified atom stereocenters. The monoisotopic (exact) mass is 316 g/mol. The molecule has 4 heteroatoms. The van der Waals surface area contributed by atoms with Gasteiger partial charge in [-0.1, -0.05) is 18.2 Å². The van der Waals surface area contributed by atoms with Gasteiger partial charge in [0.2, 0.25) is 0 Å². The lowest BCUT2D eigenvalue weighted by Crippen LogP contribution is -1.97. The van der Waals surface area contributed by atoms with Crippen molar-refractivity contribution in [1.29, 1.82) is 0 Å². The van der Waals surface area contributed by atoms with E-state index < -0.39 is 0 Å². The van der Waals surface area contributed by atoms with E-state index in [1.165, 1.54) is 5.56 Å². The van der Waals surface area contributed by atoms with Crippen LogP contribution in [0.4, 0.5) is 0 Å². The van der Waals surface area contributed by atoms with Gasteiger partial charge in [0.1, 0.15) is 11.6 Å². The molecular formula is C15H13BrN2O. The average Bonchev–Trinajstić information content (AvgIpc) is 2.84. The fourth-order valence-corrected chi connectivity index (χ4v) is 2.68. The minimum Gasteiger partial charge on any atom is -0.497 e. The normalized spacial score (nSPS) is 10.8. The summed E-state index contributed by atoms with van der Waals surface area (Å²) in [6.45, 7) is 0. The van der Waals surface area contributed by atoms with Gasteiger partial charge in [-0.15, -0.1) is 0 Å². The molecule has 3 rings (SSSR count). The lowest BCUT2D eigenvalue weighted by Gasteiger charge is -2.05. The van der Waals surface area contributed by atoms with Gasteiger partial charge in [0.05, 0.1) is 23.4 Å². The number of benzene rings is 1. The van der Waals surface area contributed by atoms with Crippen molar-refractivity contribution in [1.82, 2.24) is 9.38 Å². The Labute approximate surface area is 120 Å². The average molecular weight is 317 g/mol. The summed E-state index contributed by atoms with van der Waals surface area (Å²) in [5.41, 5.74) is 2.31. The molecular weight excluding hydrogens is 304 g/mol. The Morgan fingerprint density at radius 3 is 2.68 bits per heavy atom. The van der Waals surface area contributed by atoms with E-state index in [1.807, 2.05) is 30.5 Å². The number of hydrogen-bond donors (Lipinski definition) is 0. The van der Waals surface area contributed by atoms with Gasteiger partial charge in [0, 0.05) is 6.42 Å². The van der Waals surface area contributed by atoms with Gasteiger partial charge in [-0.25, -0.2) is 4.98 Å². The number of rotatable bonds is 3. The zero-order valence-electron chi connectivity index (χ0n) is 10.5. The molecule has 96 valence electrons. The number of hydrogen-bond acceptors (Lipinski definition) is 2. The molecule has 0 fully saturated rings. The second-order valence-electron chi connectivity index (χ2n) is 4.31. The summed E-state index contributed by atoms with van der Waals surface area (Å²) in [5.74, 6) is 1.89. The summed E-state index contributed by atoms with van der Waals surface area (Å²) in [5, 5.41) is 0. The molecule has 3 aromatic rings. The molecule has 0 aliphatic carbocycles. The lowest BCUT2D eigenvalue weighted by molar-refractivity contribution is 0.414. The van der Waals surface area contributed by atoms with Crippen molar-refractivity contribution in [2.75, 3.05) is 7.11 Å². The van der Waals surface area contributed by atoms with Gasteiger partial charge < -0.3 is 4.74 Å². The second kappa shape index (κ2) is 5.05. The predicted octanol–water partition coefficient (Wildman–Crippen LogP) is 3.70. The van der Waals surface area contributed by atoms with Gasteiger partial charge in [0.25, 0.3) is 0 Å². The number of aromatic nitrogens is 2. The largest absolute Gasteiger partial charge is 0.497 e. The first-order valence-corrected chi connectivity index (χ1v) is 6.81. The minimum atomic E-state index is 0.792. The van der Waals surface area contributed by atoms with Crippen molar-refractivity contribution in [3.05, 3.63) is 64.7 Å². The maximum absolute atomic E-state index is 5.17. The van der Waals surface area contributed by atoms with Gasteiger partial charge in [-0.05, 0) is 45.8 Å². The van der Waals surface area contributed by atoms with E-state index in [0.717, 1.165) is 28.1 Å². The van der Waals surface area contributed by atoms with Crippen LogP contribution in [0.1, 0.15) is 11.4 Å². The topological polar surface area (TPSA) is 26.5 Å². The molecule has 0 spiro atoms. The zero-order chi connectivity index (χ0) is 13.2. The quantitative estimate of drug-likeness (QED) is 0.689.